The Hall–Kier alpha value is -0.930. The lowest BCUT2D eigenvalue weighted by atomic mass is 9.85. The molecule has 1 N–H and O–H groups in total. The van der Waals surface area contributed by atoms with Gasteiger partial charge in [-0.05, 0) is 30.5 Å². The van der Waals surface area contributed by atoms with Crippen LogP contribution >= 0.6 is 0 Å². The summed E-state index contributed by atoms with van der Waals surface area (Å²) in [6, 6.07) is 7.25. The van der Waals surface area contributed by atoms with Crippen LogP contribution < -0.4 is 5.32 Å². The lowest BCUT2D eigenvalue weighted by molar-refractivity contribution is 0.0755. The zero-order chi connectivity index (χ0) is 12.4. The van der Waals surface area contributed by atoms with Gasteiger partial charge in [-0.2, -0.15) is 0 Å². The first-order valence-electron chi connectivity index (χ1n) is 7.03. The van der Waals surface area contributed by atoms with Gasteiger partial charge in [0.25, 0.3) is 0 Å². The molecule has 0 aromatic heterocycles. The van der Waals surface area contributed by atoms with E-state index >= 15 is 0 Å². The molecule has 18 heavy (non-hydrogen) atoms. The van der Waals surface area contributed by atoms with Crippen LogP contribution in [-0.4, -0.2) is 31.1 Å². The summed E-state index contributed by atoms with van der Waals surface area (Å²) in [6.07, 6.45) is 4.88. The van der Waals surface area contributed by atoms with Crippen molar-refractivity contribution in [3.8, 4) is 0 Å². The fourth-order valence-electron chi connectivity index (χ4n) is 3.62. The maximum Gasteiger partial charge on any atom is 0.123 e. The lowest BCUT2D eigenvalue weighted by Gasteiger charge is -2.44. The van der Waals surface area contributed by atoms with E-state index in [0.29, 0.717) is 0 Å². The van der Waals surface area contributed by atoms with Gasteiger partial charge in [0, 0.05) is 31.7 Å². The third-order valence-corrected chi connectivity index (χ3v) is 4.52. The van der Waals surface area contributed by atoms with Crippen molar-refractivity contribution in [2.45, 2.75) is 31.2 Å². The SMILES string of the molecule is Fc1cccc(C2(N3CCNCC3)CCCC2)c1. The predicted octanol–water partition coefficient (Wildman–Crippen LogP) is 2.50. The smallest absolute Gasteiger partial charge is 0.123 e. The molecular formula is C15H21FN2. The molecule has 0 radical (unpaired) electrons. The quantitative estimate of drug-likeness (QED) is 0.865. The molecule has 2 fully saturated rings. The molecule has 0 unspecified atom stereocenters. The lowest BCUT2D eigenvalue weighted by Crippen LogP contribution is -2.53. The van der Waals surface area contributed by atoms with Crippen LogP contribution in [0.1, 0.15) is 31.2 Å². The number of nitrogens with one attached hydrogen (secondary N) is 1. The first-order chi connectivity index (χ1) is 8.81. The third-order valence-electron chi connectivity index (χ3n) is 4.52. The second-order valence-electron chi connectivity index (χ2n) is 5.49. The van der Waals surface area contributed by atoms with Crippen LogP contribution in [0.2, 0.25) is 0 Å². The van der Waals surface area contributed by atoms with Crippen molar-refractivity contribution in [3.63, 3.8) is 0 Å². The van der Waals surface area contributed by atoms with E-state index in [-0.39, 0.29) is 11.4 Å². The van der Waals surface area contributed by atoms with Gasteiger partial charge < -0.3 is 5.32 Å². The van der Waals surface area contributed by atoms with E-state index in [1.807, 2.05) is 6.07 Å². The van der Waals surface area contributed by atoms with Crippen LogP contribution in [0.25, 0.3) is 0 Å². The minimum atomic E-state index is -0.103. The highest BCUT2D eigenvalue weighted by atomic mass is 19.1. The molecule has 1 aromatic carbocycles. The van der Waals surface area contributed by atoms with Crippen molar-refractivity contribution in [2.75, 3.05) is 26.2 Å². The summed E-state index contributed by atoms with van der Waals surface area (Å²) < 4.78 is 13.5. The predicted molar refractivity (Wildman–Crippen MR) is 71.0 cm³/mol. The maximum absolute atomic E-state index is 13.5. The minimum Gasteiger partial charge on any atom is -0.314 e. The van der Waals surface area contributed by atoms with Gasteiger partial charge in [-0.1, -0.05) is 25.0 Å². The van der Waals surface area contributed by atoms with E-state index in [4.69, 9.17) is 0 Å². The van der Waals surface area contributed by atoms with Crippen molar-refractivity contribution in [3.05, 3.63) is 35.6 Å². The van der Waals surface area contributed by atoms with Crippen molar-refractivity contribution in [1.82, 2.24) is 10.2 Å². The summed E-state index contributed by atoms with van der Waals surface area (Å²) >= 11 is 0. The van der Waals surface area contributed by atoms with Crippen LogP contribution in [0.5, 0.6) is 0 Å². The van der Waals surface area contributed by atoms with Gasteiger partial charge in [-0.3, -0.25) is 4.90 Å². The number of halogens is 1. The highest BCUT2D eigenvalue weighted by Crippen LogP contribution is 2.44. The molecule has 1 heterocycles. The Morgan fingerprint density at radius 1 is 1.11 bits per heavy atom. The molecule has 0 spiro atoms. The van der Waals surface area contributed by atoms with Crippen molar-refractivity contribution < 1.29 is 4.39 Å². The van der Waals surface area contributed by atoms with Crippen molar-refractivity contribution in [2.24, 2.45) is 0 Å². The number of benzene rings is 1. The van der Waals surface area contributed by atoms with Gasteiger partial charge in [0.05, 0.1) is 0 Å². The number of nitrogens with zero attached hydrogens (tertiary/aromatic N) is 1. The van der Waals surface area contributed by atoms with Crippen molar-refractivity contribution in [1.29, 1.82) is 0 Å². The van der Waals surface area contributed by atoms with Crippen LogP contribution in [-0.2, 0) is 5.54 Å². The van der Waals surface area contributed by atoms with Gasteiger partial charge in [-0.25, -0.2) is 4.39 Å². The fourth-order valence-corrected chi connectivity index (χ4v) is 3.62. The zero-order valence-corrected chi connectivity index (χ0v) is 10.8. The molecule has 1 aliphatic carbocycles. The highest BCUT2D eigenvalue weighted by Gasteiger charge is 2.41. The molecule has 98 valence electrons. The van der Waals surface area contributed by atoms with Crippen LogP contribution in [0.4, 0.5) is 4.39 Å². The Kier molecular flexibility index (Phi) is 3.35. The first-order valence-corrected chi connectivity index (χ1v) is 7.03. The topological polar surface area (TPSA) is 15.3 Å². The fraction of sp³-hybridized carbons (Fsp3) is 0.600. The number of rotatable bonds is 2. The molecule has 0 amide bonds. The Balaban J connectivity index is 1.95. The highest BCUT2D eigenvalue weighted by molar-refractivity contribution is 5.27. The second kappa shape index (κ2) is 4.98. The van der Waals surface area contributed by atoms with Crippen LogP contribution in [0.15, 0.2) is 24.3 Å². The molecule has 2 nitrogen and oxygen atoms in total. The normalized spacial score (nSPS) is 24.3. The summed E-state index contributed by atoms with van der Waals surface area (Å²) in [5, 5.41) is 3.40. The number of hydrogen-bond donors (Lipinski definition) is 1. The molecule has 0 bridgehead atoms. The van der Waals surface area contributed by atoms with Crippen LogP contribution in [0, 0.1) is 5.82 Å². The van der Waals surface area contributed by atoms with Gasteiger partial charge in [0.15, 0.2) is 0 Å². The average Bonchev–Trinajstić information content (AvgIpc) is 2.90. The summed E-state index contributed by atoms with van der Waals surface area (Å²) in [5.74, 6) is -0.103. The summed E-state index contributed by atoms with van der Waals surface area (Å²) in [6.45, 7) is 4.27. The van der Waals surface area contributed by atoms with E-state index in [2.05, 4.69) is 16.3 Å². The Morgan fingerprint density at radius 2 is 1.83 bits per heavy atom. The molecular weight excluding hydrogens is 227 g/mol. The second-order valence-corrected chi connectivity index (χ2v) is 5.49. The third kappa shape index (κ3) is 2.06. The molecule has 1 saturated heterocycles. The van der Waals surface area contributed by atoms with E-state index in [1.165, 1.54) is 31.2 Å². The molecule has 3 rings (SSSR count). The van der Waals surface area contributed by atoms with Crippen molar-refractivity contribution >= 4 is 0 Å². The maximum atomic E-state index is 13.5. The van der Waals surface area contributed by atoms with Gasteiger partial charge >= 0.3 is 0 Å². The monoisotopic (exact) mass is 248 g/mol. The van der Waals surface area contributed by atoms with Gasteiger partial charge in [-0.15, -0.1) is 0 Å². The first kappa shape index (κ1) is 12.1. The molecule has 1 saturated carbocycles. The number of hydrogen-bond acceptors (Lipinski definition) is 2. The summed E-state index contributed by atoms with van der Waals surface area (Å²) in [5.41, 5.74) is 1.28. The Labute approximate surface area is 108 Å². The summed E-state index contributed by atoms with van der Waals surface area (Å²) in [7, 11) is 0. The molecule has 2 aliphatic rings. The van der Waals surface area contributed by atoms with Crippen LogP contribution in [0.3, 0.4) is 0 Å². The average molecular weight is 248 g/mol. The Bertz CT molecular complexity index is 407. The van der Waals surface area contributed by atoms with Gasteiger partial charge in [0.2, 0.25) is 0 Å². The molecule has 0 atom stereocenters. The minimum absolute atomic E-state index is 0.101. The van der Waals surface area contributed by atoms with E-state index in [9.17, 15) is 4.39 Å². The molecule has 1 aromatic rings. The zero-order valence-electron chi connectivity index (χ0n) is 10.8. The van der Waals surface area contributed by atoms with E-state index in [0.717, 1.165) is 26.2 Å². The van der Waals surface area contributed by atoms with E-state index in [1.54, 1.807) is 12.1 Å². The van der Waals surface area contributed by atoms with E-state index < -0.39 is 0 Å². The molecule has 1 aliphatic heterocycles. The Morgan fingerprint density at radius 3 is 2.50 bits per heavy atom. The number of piperazine rings is 1. The summed E-state index contributed by atoms with van der Waals surface area (Å²) in [4.78, 5) is 2.57. The largest absolute Gasteiger partial charge is 0.314 e. The standard InChI is InChI=1S/C15H21FN2/c16-14-5-3-4-13(12-14)15(6-1-2-7-15)18-10-8-17-9-11-18/h3-5,12,17H,1-2,6-11H2. The molecule has 3 heteroatoms. The van der Waals surface area contributed by atoms with Gasteiger partial charge in [0.1, 0.15) is 5.82 Å².